The van der Waals surface area contributed by atoms with Gasteiger partial charge in [-0.25, -0.2) is 10.8 Å². The standard InChI is InChI=1S/C11H12N6S2/c1-6-2-3-7-8(4-6)14-10(13-7)18-5-9-16-17-11(15-12)19-9/h2-4H,5,12H2,1H3,(H,13,14)(H,15,17). The zero-order chi connectivity index (χ0) is 13.2. The molecule has 3 rings (SSSR count). The van der Waals surface area contributed by atoms with E-state index < -0.39 is 0 Å². The number of hydrogen-bond donors (Lipinski definition) is 3. The molecule has 98 valence electrons. The fourth-order valence-electron chi connectivity index (χ4n) is 1.67. The van der Waals surface area contributed by atoms with E-state index in [-0.39, 0.29) is 0 Å². The van der Waals surface area contributed by atoms with E-state index in [9.17, 15) is 0 Å². The van der Waals surface area contributed by atoms with Gasteiger partial charge in [0.1, 0.15) is 5.01 Å². The lowest BCUT2D eigenvalue weighted by Gasteiger charge is -1.92. The molecule has 0 radical (unpaired) electrons. The summed E-state index contributed by atoms with van der Waals surface area (Å²) < 4.78 is 0. The quantitative estimate of drug-likeness (QED) is 0.388. The summed E-state index contributed by atoms with van der Waals surface area (Å²) in [5.74, 6) is 5.99. The first-order valence-corrected chi connectivity index (χ1v) is 7.43. The number of imidazole rings is 1. The Morgan fingerprint density at radius 3 is 3.11 bits per heavy atom. The first-order chi connectivity index (χ1) is 9.24. The van der Waals surface area contributed by atoms with Crippen molar-refractivity contribution >= 4 is 39.3 Å². The number of H-pyrrole nitrogens is 1. The third-order valence-electron chi connectivity index (χ3n) is 2.54. The molecule has 0 saturated heterocycles. The Hall–Kier alpha value is -1.64. The van der Waals surface area contributed by atoms with Crippen LogP contribution in [0.3, 0.4) is 0 Å². The summed E-state index contributed by atoms with van der Waals surface area (Å²) in [6, 6.07) is 6.17. The molecule has 6 nitrogen and oxygen atoms in total. The molecule has 0 atom stereocenters. The monoisotopic (exact) mass is 292 g/mol. The van der Waals surface area contributed by atoms with Crippen molar-refractivity contribution < 1.29 is 0 Å². The van der Waals surface area contributed by atoms with Gasteiger partial charge in [0.15, 0.2) is 5.16 Å². The molecule has 0 unspecified atom stereocenters. The summed E-state index contributed by atoms with van der Waals surface area (Å²) in [4.78, 5) is 7.81. The zero-order valence-electron chi connectivity index (χ0n) is 10.2. The number of aromatic nitrogens is 4. The lowest BCUT2D eigenvalue weighted by Crippen LogP contribution is -2.05. The van der Waals surface area contributed by atoms with Gasteiger partial charge in [-0.2, -0.15) is 0 Å². The van der Waals surface area contributed by atoms with Gasteiger partial charge >= 0.3 is 0 Å². The highest BCUT2D eigenvalue weighted by atomic mass is 32.2. The van der Waals surface area contributed by atoms with Gasteiger partial charge in [0.25, 0.3) is 0 Å². The van der Waals surface area contributed by atoms with Gasteiger partial charge in [-0.1, -0.05) is 29.2 Å². The number of nitrogen functional groups attached to an aromatic ring is 1. The van der Waals surface area contributed by atoms with Crippen LogP contribution in [0, 0.1) is 6.92 Å². The van der Waals surface area contributed by atoms with E-state index in [4.69, 9.17) is 5.84 Å². The fraction of sp³-hybridized carbons (Fsp3) is 0.182. The number of hydrazine groups is 1. The highest BCUT2D eigenvalue weighted by molar-refractivity contribution is 7.98. The van der Waals surface area contributed by atoms with E-state index in [1.54, 1.807) is 11.8 Å². The Morgan fingerprint density at radius 1 is 1.42 bits per heavy atom. The maximum Gasteiger partial charge on any atom is 0.219 e. The normalized spacial score (nSPS) is 11.1. The molecule has 8 heteroatoms. The fourth-order valence-corrected chi connectivity index (χ4v) is 3.19. The molecule has 3 aromatic rings. The van der Waals surface area contributed by atoms with Gasteiger partial charge in [0.05, 0.1) is 16.8 Å². The van der Waals surface area contributed by atoms with E-state index in [1.165, 1.54) is 16.9 Å². The highest BCUT2D eigenvalue weighted by Crippen LogP contribution is 2.25. The summed E-state index contributed by atoms with van der Waals surface area (Å²) in [6.45, 7) is 2.07. The van der Waals surface area contributed by atoms with Crippen molar-refractivity contribution in [3.05, 3.63) is 28.8 Å². The summed E-state index contributed by atoms with van der Waals surface area (Å²) in [7, 11) is 0. The predicted octanol–water partition coefficient (Wildman–Crippen LogP) is 2.30. The van der Waals surface area contributed by atoms with Crippen LogP contribution in [0.4, 0.5) is 5.13 Å². The van der Waals surface area contributed by atoms with E-state index in [2.05, 4.69) is 44.6 Å². The van der Waals surface area contributed by atoms with Crippen LogP contribution < -0.4 is 11.3 Å². The topological polar surface area (TPSA) is 92.5 Å². The Labute approximate surface area is 117 Å². The summed E-state index contributed by atoms with van der Waals surface area (Å²) in [6.07, 6.45) is 0. The van der Waals surface area contributed by atoms with Crippen LogP contribution in [0.2, 0.25) is 0 Å². The molecule has 19 heavy (non-hydrogen) atoms. The van der Waals surface area contributed by atoms with Crippen molar-refractivity contribution in [3.8, 4) is 0 Å². The third kappa shape index (κ3) is 2.70. The van der Waals surface area contributed by atoms with Gasteiger partial charge in [-0.3, -0.25) is 5.43 Å². The number of fused-ring (bicyclic) bond motifs is 1. The number of anilines is 1. The van der Waals surface area contributed by atoms with Gasteiger partial charge in [-0.05, 0) is 24.6 Å². The number of hydrogen-bond acceptors (Lipinski definition) is 7. The molecule has 0 aliphatic heterocycles. The number of thioether (sulfide) groups is 1. The molecule has 0 bridgehead atoms. The summed E-state index contributed by atoms with van der Waals surface area (Å²) in [5.41, 5.74) is 5.74. The predicted molar refractivity (Wildman–Crippen MR) is 78.1 cm³/mol. The summed E-state index contributed by atoms with van der Waals surface area (Å²) >= 11 is 3.04. The number of aromatic amines is 1. The zero-order valence-corrected chi connectivity index (χ0v) is 11.8. The Kier molecular flexibility index (Phi) is 3.36. The number of aryl methyl sites for hydroxylation is 1. The molecule has 4 N–H and O–H groups in total. The van der Waals surface area contributed by atoms with Crippen molar-refractivity contribution in [1.29, 1.82) is 0 Å². The molecule has 0 saturated carbocycles. The van der Waals surface area contributed by atoms with E-state index in [1.807, 2.05) is 6.07 Å². The first kappa shape index (κ1) is 12.4. The van der Waals surface area contributed by atoms with Crippen molar-refractivity contribution in [3.63, 3.8) is 0 Å². The van der Waals surface area contributed by atoms with E-state index in [0.29, 0.717) is 5.13 Å². The molecule has 0 fully saturated rings. The van der Waals surface area contributed by atoms with Crippen molar-refractivity contribution in [2.45, 2.75) is 17.8 Å². The number of nitrogens with two attached hydrogens (primary N) is 1. The number of nitrogens with zero attached hydrogens (tertiary/aromatic N) is 3. The molecule has 0 aliphatic rings. The van der Waals surface area contributed by atoms with Crippen molar-refractivity contribution in [2.75, 3.05) is 5.43 Å². The second-order valence-electron chi connectivity index (χ2n) is 4.00. The maximum absolute atomic E-state index is 5.27. The van der Waals surface area contributed by atoms with Crippen LogP contribution in [0.25, 0.3) is 11.0 Å². The Bertz CT molecular complexity index is 704. The molecule has 2 heterocycles. The third-order valence-corrected chi connectivity index (χ3v) is 4.46. The number of rotatable bonds is 4. The SMILES string of the molecule is Cc1ccc2nc(SCc3nnc(NN)s3)[nH]c2c1. The van der Waals surface area contributed by atoms with Crippen LogP contribution in [-0.2, 0) is 5.75 Å². The van der Waals surface area contributed by atoms with E-state index in [0.717, 1.165) is 27.0 Å². The molecule has 2 aromatic heterocycles. The minimum Gasteiger partial charge on any atom is -0.333 e. The second kappa shape index (κ2) is 5.16. The molecular formula is C11H12N6S2. The number of nitrogens with one attached hydrogen (secondary N) is 2. The van der Waals surface area contributed by atoms with Crippen LogP contribution in [0.1, 0.15) is 10.6 Å². The maximum atomic E-state index is 5.27. The molecule has 0 spiro atoms. The minimum absolute atomic E-state index is 0.621. The Morgan fingerprint density at radius 2 is 2.32 bits per heavy atom. The van der Waals surface area contributed by atoms with Crippen LogP contribution >= 0.6 is 23.1 Å². The number of benzene rings is 1. The molecule has 0 aliphatic carbocycles. The lowest BCUT2D eigenvalue weighted by atomic mass is 10.2. The molecular weight excluding hydrogens is 280 g/mol. The minimum atomic E-state index is 0.621. The molecule has 1 aromatic carbocycles. The average molecular weight is 292 g/mol. The van der Waals surface area contributed by atoms with Gasteiger partial charge in [0, 0.05) is 0 Å². The molecule has 0 amide bonds. The van der Waals surface area contributed by atoms with E-state index >= 15 is 0 Å². The van der Waals surface area contributed by atoms with Gasteiger partial charge in [-0.15, -0.1) is 10.2 Å². The van der Waals surface area contributed by atoms with Gasteiger partial charge < -0.3 is 4.98 Å². The highest BCUT2D eigenvalue weighted by Gasteiger charge is 2.07. The van der Waals surface area contributed by atoms with Crippen molar-refractivity contribution in [1.82, 2.24) is 20.2 Å². The average Bonchev–Trinajstić information content (AvgIpc) is 3.01. The lowest BCUT2D eigenvalue weighted by molar-refractivity contribution is 1.03. The Balaban J connectivity index is 1.74. The summed E-state index contributed by atoms with van der Waals surface area (Å²) in [5, 5.41) is 10.3. The largest absolute Gasteiger partial charge is 0.333 e. The van der Waals surface area contributed by atoms with Gasteiger partial charge in [0.2, 0.25) is 5.13 Å². The van der Waals surface area contributed by atoms with Crippen LogP contribution in [0.15, 0.2) is 23.4 Å². The van der Waals surface area contributed by atoms with Crippen molar-refractivity contribution in [2.24, 2.45) is 5.84 Å². The first-order valence-electron chi connectivity index (χ1n) is 5.63. The smallest absolute Gasteiger partial charge is 0.219 e. The van der Waals surface area contributed by atoms with Crippen LogP contribution in [0.5, 0.6) is 0 Å². The second-order valence-corrected chi connectivity index (χ2v) is 6.02. The van der Waals surface area contributed by atoms with Crippen LogP contribution in [-0.4, -0.2) is 20.2 Å².